The van der Waals surface area contributed by atoms with Gasteiger partial charge in [-0.15, -0.1) is 0 Å². The highest BCUT2D eigenvalue weighted by Gasteiger charge is 2.43. The van der Waals surface area contributed by atoms with Crippen LogP contribution in [0.1, 0.15) is 20.3 Å². The molecule has 25 heavy (non-hydrogen) atoms. The Bertz CT molecular complexity index is 554. The van der Waals surface area contributed by atoms with Crippen LogP contribution >= 0.6 is 0 Å². The molecule has 0 aromatic heterocycles. The highest BCUT2D eigenvalue weighted by atomic mass is 32.2. The molecule has 9 nitrogen and oxygen atoms in total. The van der Waals surface area contributed by atoms with E-state index in [4.69, 9.17) is 14.2 Å². The summed E-state index contributed by atoms with van der Waals surface area (Å²) < 4.78 is 40.8. The molecule has 0 radical (unpaired) electrons. The standard InChI is InChI=1S/C15H28N2O7S/c1-10(2)7-17(25(3,20)21)8-11(18)6-16-15(19)24-13-9-23-14-12(13)4-5-22-14/h10-14,18H,4-9H2,1-3H3,(H,16,19)/t11-,12?,13?,14?/m0/s1. The molecule has 10 heteroatoms. The lowest BCUT2D eigenvalue weighted by Gasteiger charge is -2.25. The van der Waals surface area contributed by atoms with Crippen molar-refractivity contribution in [3.05, 3.63) is 0 Å². The summed E-state index contributed by atoms with van der Waals surface area (Å²) >= 11 is 0. The van der Waals surface area contributed by atoms with Gasteiger partial charge in [0, 0.05) is 19.6 Å². The van der Waals surface area contributed by atoms with E-state index in [1.165, 1.54) is 4.31 Å². The van der Waals surface area contributed by atoms with Crippen LogP contribution in [-0.4, -0.2) is 81.5 Å². The van der Waals surface area contributed by atoms with Crippen molar-refractivity contribution in [2.75, 3.05) is 39.1 Å². The van der Waals surface area contributed by atoms with Gasteiger partial charge in [0.25, 0.3) is 0 Å². The fourth-order valence-electron chi connectivity index (χ4n) is 2.98. The van der Waals surface area contributed by atoms with Gasteiger partial charge in [-0.2, -0.15) is 4.31 Å². The largest absolute Gasteiger partial charge is 0.443 e. The first-order valence-corrected chi connectivity index (χ1v) is 10.3. The van der Waals surface area contributed by atoms with Gasteiger partial charge in [0.15, 0.2) is 6.29 Å². The van der Waals surface area contributed by atoms with Crippen molar-refractivity contribution in [2.24, 2.45) is 11.8 Å². The Morgan fingerprint density at radius 1 is 1.36 bits per heavy atom. The van der Waals surface area contributed by atoms with E-state index in [2.05, 4.69) is 5.32 Å². The van der Waals surface area contributed by atoms with E-state index in [9.17, 15) is 18.3 Å². The molecule has 2 aliphatic heterocycles. The number of ether oxygens (including phenoxy) is 3. The summed E-state index contributed by atoms with van der Waals surface area (Å²) in [4.78, 5) is 11.9. The molecule has 0 spiro atoms. The van der Waals surface area contributed by atoms with E-state index in [1.54, 1.807) is 0 Å². The molecule has 0 aliphatic carbocycles. The molecule has 2 N–H and O–H groups in total. The van der Waals surface area contributed by atoms with Crippen LogP contribution in [0.3, 0.4) is 0 Å². The quantitative estimate of drug-likeness (QED) is 0.597. The maximum Gasteiger partial charge on any atom is 0.407 e. The molecule has 0 saturated carbocycles. The minimum absolute atomic E-state index is 0.0439. The number of amides is 1. The molecule has 2 aliphatic rings. The van der Waals surface area contributed by atoms with Gasteiger partial charge in [-0.05, 0) is 12.3 Å². The molecule has 146 valence electrons. The summed E-state index contributed by atoms with van der Waals surface area (Å²) in [5.41, 5.74) is 0. The van der Waals surface area contributed by atoms with Crippen molar-refractivity contribution in [2.45, 2.75) is 38.8 Å². The first-order valence-electron chi connectivity index (χ1n) is 8.47. The number of sulfonamides is 1. The van der Waals surface area contributed by atoms with Crippen LogP contribution < -0.4 is 5.32 Å². The van der Waals surface area contributed by atoms with Crippen molar-refractivity contribution >= 4 is 16.1 Å². The number of alkyl carbamates (subject to hydrolysis) is 1. The smallest absolute Gasteiger partial charge is 0.407 e. The Morgan fingerprint density at radius 3 is 2.72 bits per heavy atom. The number of fused-ring (bicyclic) bond motifs is 1. The summed E-state index contributed by atoms with van der Waals surface area (Å²) in [5, 5.41) is 12.5. The van der Waals surface area contributed by atoms with Gasteiger partial charge in [-0.3, -0.25) is 0 Å². The maximum atomic E-state index is 11.9. The van der Waals surface area contributed by atoms with Crippen molar-refractivity contribution in [3.8, 4) is 0 Å². The summed E-state index contributed by atoms with van der Waals surface area (Å²) in [6, 6.07) is 0. The third-order valence-electron chi connectivity index (χ3n) is 4.18. The van der Waals surface area contributed by atoms with Gasteiger partial charge in [0.1, 0.15) is 6.10 Å². The van der Waals surface area contributed by atoms with Crippen molar-refractivity contribution in [1.29, 1.82) is 0 Å². The second-order valence-corrected chi connectivity index (χ2v) is 8.96. The summed E-state index contributed by atoms with van der Waals surface area (Å²) in [5.74, 6) is 0.172. The first kappa shape index (κ1) is 20.4. The van der Waals surface area contributed by atoms with Crippen molar-refractivity contribution < 1.29 is 32.5 Å². The molecule has 0 aromatic carbocycles. The van der Waals surface area contributed by atoms with E-state index < -0.39 is 22.2 Å². The Kier molecular flexibility index (Phi) is 7.03. The minimum atomic E-state index is -3.42. The van der Waals surface area contributed by atoms with Crippen LogP contribution in [0.2, 0.25) is 0 Å². The highest BCUT2D eigenvalue weighted by Crippen LogP contribution is 2.32. The number of nitrogens with one attached hydrogen (secondary N) is 1. The molecule has 2 fully saturated rings. The predicted molar refractivity (Wildman–Crippen MR) is 89.3 cm³/mol. The lowest BCUT2D eigenvalue weighted by molar-refractivity contribution is -0.0907. The second-order valence-electron chi connectivity index (χ2n) is 6.98. The van der Waals surface area contributed by atoms with Crippen LogP contribution in [0.4, 0.5) is 4.79 Å². The van der Waals surface area contributed by atoms with Gasteiger partial charge in [-0.1, -0.05) is 13.8 Å². The predicted octanol–water partition coefficient (Wildman–Crippen LogP) is -0.247. The number of rotatable bonds is 8. The molecule has 2 saturated heterocycles. The van der Waals surface area contributed by atoms with Gasteiger partial charge in [-0.25, -0.2) is 13.2 Å². The van der Waals surface area contributed by atoms with E-state index in [-0.39, 0.29) is 37.3 Å². The fraction of sp³-hybridized carbons (Fsp3) is 0.933. The average molecular weight is 380 g/mol. The molecular formula is C15H28N2O7S. The number of hydrogen-bond acceptors (Lipinski definition) is 7. The molecule has 0 aromatic rings. The fourth-order valence-corrected chi connectivity index (χ4v) is 3.99. The summed E-state index contributed by atoms with van der Waals surface area (Å²) in [7, 11) is -3.42. The first-order chi connectivity index (χ1) is 11.7. The number of hydrogen-bond donors (Lipinski definition) is 2. The van der Waals surface area contributed by atoms with Crippen LogP contribution in [0.5, 0.6) is 0 Å². The van der Waals surface area contributed by atoms with E-state index in [0.29, 0.717) is 19.8 Å². The summed E-state index contributed by atoms with van der Waals surface area (Å²) in [6.07, 6.45) is -0.465. The van der Waals surface area contributed by atoms with E-state index in [0.717, 1.165) is 12.7 Å². The van der Waals surface area contributed by atoms with Gasteiger partial charge < -0.3 is 24.6 Å². The molecule has 1 amide bonds. The van der Waals surface area contributed by atoms with Gasteiger partial charge in [0.2, 0.25) is 10.0 Å². The second kappa shape index (κ2) is 8.63. The van der Waals surface area contributed by atoms with E-state index in [1.807, 2.05) is 13.8 Å². The zero-order valence-corrected chi connectivity index (χ0v) is 15.7. The maximum absolute atomic E-state index is 11.9. The molecule has 3 unspecified atom stereocenters. The Hall–Kier alpha value is -0.940. The van der Waals surface area contributed by atoms with Crippen molar-refractivity contribution in [3.63, 3.8) is 0 Å². The van der Waals surface area contributed by atoms with Crippen LogP contribution in [-0.2, 0) is 24.2 Å². The summed E-state index contributed by atoms with van der Waals surface area (Å²) in [6.45, 7) is 4.80. The lowest BCUT2D eigenvalue weighted by Crippen LogP contribution is -2.44. The molecular weight excluding hydrogens is 352 g/mol. The van der Waals surface area contributed by atoms with Crippen LogP contribution in [0.25, 0.3) is 0 Å². The van der Waals surface area contributed by atoms with Crippen LogP contribution in [0.15, 0.2) is 0 Å². The SMILES string of the molecule is CC(C)CN(C[C@@H](O)CNC(=O)OC1COC2OCCC12)S(C)(=O)=O. The number of nitrogens with zero attached hydrogens (tertiary/aromatic N) is 1. The molecule has 4 atom stereocenters. The van der Waals surface area contributed by atoms with Gasteiger partial charge >= 0.3 is 6.09 Å². The number of aliphatic hydroxyl groups excluding tert-OH is 1. The zero-order valence-electron chi connectivity index (χ0n) is 14.9. The Morgan fingerprint density at radius 2 is 2.08 bits per heavy atom. The third-order valence-corrected chi connectivity index (χ3v) is 5.41. The highest BCUT2D eigenvalue weighted by molar-refractivity contribution is 7.88. The normalized spacial score (nSPS) is 27.5. The molecule has 2 heterocycles. The average Bonchev–Trinajstić information content (AvgIpc) is 3.08. The van der Waals surface area contributed by atoms with E-state index >= 15 is 0 Å². The Labute approximate surface area is 148 Å². The van der Waals surface area contributed by atoms with Gasteiger partial charge in [0.05, 0.1) is 31.5 Å². The van der Waals surface area contributed by atoms with Crippen LogP contribution in [0, 0.1) is 11.8 Å². The number of carbonyl (C=O) groups excluding carboxylic acids is 1. The molecule has 2 rings (SSSR count). The zero-order chi connectivity index (χ0) is 18.6. The topological polar surface area (TPSA) is 114 Å². The number of carbonyl (C=O) groups is 1. The lowest BCUT2D eigenvalue weighted by atomic mass is 10.0. The number of aliphatic hydroxyl groups is 1. The third kappa shape index (κ3) is 6.07. The monoisotopic (exact) mass is 380 g/mol. The minimum Gasteiger partial charge on any atom is -0.443 e. The van der Waals surface area contributed by atoms with Crippen molar-refractivity contribution in [1.82, 2.24) is 9.62 Å². The Balaban J connectivity index is 1.74. The molecule has 0 bridgehead atoms.